The van der Waals surface area contributed by atoms with E-state index in [0.717, 1.165) is 11.3 Å². The number of nitrogens with one attached hydrogen (secondary N) is 1. The summed E-state index contributed by atoms with van der Waals surface area (Å²) in [6.07, 6.45) is 0. The van der Waals surface area contributed by atoms with E-state index in [4.69, 9.17) is 10.5 Å². The molecule has 0 aliphatic rings. The van der Waals surface area contributed by atoms with Gasteiger partial charge in [-0.2, -0.15) is 0 Å². The molecule has 0 bridgehead atoms. The molecule has 15 heavy (non-hydrogen) atoms. The molecule has 0 aliphatic heterocycles. The van der Waals surface area contributed by atoms with E-state index in [1.54, 1.807) is 7.05 Å². The van der Waals surface area contributed by atoms with Gasteiger partial charge in [-0.25, -0.2) is 0 Å². The largest absolute Gasteiger partial charge is 0.491 e. The van der Waals surface area contributed by atoms with Crippen LogP contribution in [0.4, 0.5) is 0 Å². The summed E-state index contributed by atoms with van der Waals surface area (Å²) in [7, 11) is 1.68. The van der Waals surface area contributed by atoms with Crippen LogP contribution >= 0.6 is 0 Å². The third-order valence-corrected chi connectivity index (χ3v) is 2.10. The van der Waals surface area contributed by atoms with Crippen molar-refractivity contribution < 1.29 is 9.53 Å². The molecule has 4 nitrogen and oxygen atoms in total. The zero-order valence-electron chi connectivity index (χ0n) is 8.99. The van der Waals surface area contributed by atoms with E-state index in [1.165, 1.54) is 0 Å². The summed E-state index contributed by atoms with van der Waals surface area (Å²) in [6.45, 7) is 2.23. The molecule has 1 aromatic rings. The van der Waals surface area contributed by atoms with E-state index in [0.29, 0.717) is 0 Å². The number of benzene rings is 1. The molecular formula is C11H16N2O2. The van der Waals surface area contributed by atoms with Gasteiger partial charge in [-0.05, 0) is 31.7 Å². The molecule has 0 aliphatic carbocycles. The number of nitrogens with two attached hydrogens (primary N) is 1. The molecule has 0 aromatic heterocycles. The van der Waals surface area contributed by atoms with Crippen molar-refractivity contribution in [1.82, 2.24) is 5.32 Å². The van der Waals surface area contributed by atoms with Crippen LogP contribution in [0.2, 0.25) is 0 Å². The van der Waals surface area contributed by atoms with Gasteiger partial charge in [0.25, 0.3) is 0 Å². The van der Waals surface area contributed by atoms with Crippen LogP contribution < -0.4 is 15.8 Å². The highest BCUT2D eigenvalue weighted by atomic mass is 16.5. The van der Waals surface area contributed by atoms with Crippen LogP contribution in [0.5, 0.6) is 5.75 Å². The standard InChI is InChI=1S/C11H16N2O2/c1-8-4-3-5-9(6-8)15-7-10(13-2)11(12)14/h3-6,10,13H,7H2,1-2H3,(H2,12,14). The smallest absolute Gasteiger partial charge is 0.238 e. The molecular weight excluding hydrogens is 192 g/mol. The average molecular weight is 208 g/mol. The lowest BCUT2D eigenvalue weighted by molar-refractivity contribution is -0.120. The molecule has 82 valence electrons. The Labute approximate surface area is 89.4 Å². The number of amides is 1. The van der Waals surface area contributed by atoms with Crippen LogP contribution in [0.15, 0.2) is 24.3 Å². The third-order valence-electron chi connectivity index (χ3n) is 2.10. The Morgan fingerprint density at radius 3 is 2.87 bits per heavy atom. The predicted molar refractivity (Wildman–Crippen MR) is 58.7 cm³/mol. The highest BCUT2D eigenvalue weighted by molar-refractivity contribution is 5.79. The lowest BCUT2D eigenvalue weighted by Crippen LogP contribution is -2.43. The lowest BCUT2D eigenvalue weighted by atomic mass is 10.2. The first kappa shape index (κ1) is 11.5. The fourth-order valence-electron chi connectivity index (χ4n) is 1.19. The molecule has 0 heterocycles. The Balaban J connectivity index is 2.52. The topological polar surface area (TPSA) is 64.3 Å². The molecule has 0 radical (unpaired) electrons. The first-order chi connectivity index (χ1) is 7.13. The van der Waals surface area contributed by atoms with Crippen molar-refractivity contribution in [3.63, 3.8) is 0 Å². The van der Waals surface area contributed by atoms with E-state index in [2.05, 4.69) is 5.32 Å². The van der Waals surface area contributed by atoms with E-state index < -0.39 is 11.9 Å². The molecule has 1 amide bonds. The number of rotatable bonds is 5. The van der Waals surface area contributed by atoms with E-state index >= 15 is 0 Å². The Morgan fingerprint density at radius 2 is 2.33 bits per heavy atom. The Morgan fingerprint density at radius 1 is 1.60 bits per heavy atom. The zero-order valence-corrected chi connectivity index (χ0v) is 8.99. The van der Waals surface area contributed by atoms with Gasteiger partial charge in [0, 0.05) is 0 Å². The molecule has 1 rings (SSSR count). The average Bonchev–Trinajstić information content (AvgIpc) is 2.18. The van der Waals surface area contributed by atoms with Crippen molar-refractivity contribution in [2.45, 2.75) is 13.0 Å². The van der Waals surface area contributed by atoms with Gasteiger partial charge in [-0.1, -0.05) is 12.1 Å². The second-order valence-corrected chi connectivity index (χ2v) is 3.37. The highest BCUT2D eigenvalue weighted by Gasteiger charge is 2.12. The van der Waals surface area contributed by atoms with Gasteiger partial charge in [0.1, 0.15) is 18.4 Å². The predicted octanol–water partition coefficient (Wildman–Crippen LogP) is 0.447. The van der Waals surface area contributed by atoms with Gasteiger partial charge in [-0.15, -0.1) is 0 Å². The molecule has 1 atom stereocenters. The number of aryl methyl sites for hydroxylation is 1. The monoisotopic (exact) mass is 208 g/mol. The number of likely N-dealkylation sites (N-methyl/N-ethyl adjacent to an activating group) is 1. The van der Waals surface area contributed by atoms with E-state index in [9.17, 15) is 4.79 Å². The summed E-state index contributed by atoms with van der Waals surface area (Å²) < 4.78 is 5.44. The molecule has 0 spiro atoms. The summed E-state index contributed by atoms with van der Waals surface area (Å²) in [4.78, 5) is 10.9. The first-order valence-electron chi connectivity index (χ1n) is 4.79. The summed E-state index contributed by atoms with van der Waals surface area (Å²) in [5.41, 5.74) is 6.28. The van der Waals surface area contributed by atoms with Gasteiger partial charge >= 0.3 is 0 Å². The minimum absolute atomic E-state index is 0.245. The quantitative estimate of drug-likeness (QED) is 0.738. The molecule has 1 aromatic carbocycles. The van der Waals surface area contributed by atoms with Crippen molar-refractivity contribution >= 4 is 5.91 Å². The fraction of sp³-hybridized carbons (Fsp3) is 0.364. The highest BCUT2D eigenvalue weighted by Crippen LogP contribution is 2.12. The maximum absolute atomic E-state index is 10.9. The zero-order chi connectivity index (χ0) is 11.3. The summed E-state index contributed by atoms with van der Waals surface area (Å²) in [6, 6.07) is 7.19. The third kappa shape index (κ3) is 3.59. The minimum atomic E-state index is -0.453. The summed E-state index contributed by atoms with van der Waals surface area (Å²) in [5.74, 6) is 0.335. The molecule has 0 saturated carbocycles. The summed E-state index contributed by atoms with van der Waals surface area (Å²) >= 11 is 0. The van der Waals surface area contributed by atoms with Crippen LogP contribution in [0.1, 0.15) is 5.56 Å². The molecule has 0 saturated heterocycles. The maximum atomic E-state index is 10.9. The molecule has 1 unspecified atom stereocenters. The van der Waals surface area contributed by atoms with Crippen molar-refractivity contribution in [2.75, 3.05) is 13.7 Å². The van der Waals surface area contributed by atoms with E-state index in [1.807, 2.05) is 31.2 Å². The fourth-order valence-corrected chi connectivity index (χ4v) is 1.19. The number of carbonyl (C=O) groups is 1. The number of hydrogen-bond acceptors (Lipinski definition) is 3. The second kappa shape index (κ2) is 5.36. The van der Waals surface area contributed by atoms with Gasteiger partial charge in [0.2, 0.25) is 5.91 Å². The van der Waals surface area contributed by atoms with E-state index in [-0.39, 0.29) is 6.61 Å². The number of hydrogen-bond donors (Lipinski definition) is 2. The van der Waals surface area contributed by atoms with Crippen LogP contribution in [-0.4, -0.2) is 25.6 Å². The molecule has 4 heteroatoms. The number of primary amides is 1. The lowest BCUT2D eigenvalue weighted by Gasteiger charge is -2.13. The minimum Gasteiger partial charge on any atom is -0.491 e. The second-order valence-electron chi connectivity index (χ2n) is 3.37. The van der Waals surface area contributed by atoms with Crippen molar-refractivity contribution in [1.29, 1.82) is 0 Å². The molecule has 3 N–H and O–H groups in total. The summed E-state index contributed by atoms with van der Waals surface area (Å²) in [5, 5.41) is 2.79. The number of carbonyl (C=O) groups excluding carboxylic acids is 1. The van der Waals surface area contributed by atoms with Crippen molar-refractivity contribution in [3.8, 4) is 5.75 Å². The Kier molecular flexibility index (Phi) is 4.12. The van der Waals surface area contributed by atoms with Crippen LogP contribution in [0.3, 0.4) is 0 Å². The van der Waals surface area contributed by atoms with Gasteiger partial charge < -0.3 is 15.8 Å². The molecule has 0 fully saturated rings. The Hall–Kier alpha value is -1.55. The van der Waals surface area contributed by atoms with Crippen LogP contribution in [0, 0.1) is 6.92 Å². The SMILES string of the molecule is CNC(COc1cccc(C)c1)C(N)=O. The van der Waals surface area contributed by atoms with Crippen molar-refractivity contribution in [2.24, 2.45) is 5.73 Å². The van der Waals surface area contributed by atoms with Gasteiger partial charge in [0.15, 0.2) is 0 Å². The first-order valence-corrected chi connectivity index (χ1v) is 4.79. The number of ether oxygens (including phenoxy) is 1. The van der Waals surface area contributed by atoms with Crippen LogP contribution in [-0.2, 0) is 4.79 Å². The van der Waals surface area contributed by atoms with Crippen molar-refractivity contribution in [3.05, 3.63) is 29.8 Å². The van der Waals surface area contributed by atoms with Gasteiger partial charge in [-0.3, -0.25) is 4.79 Å². The normalized spacial score (nSPS) is 12.1. The van der Waals surface area contributed by atoms with Crippen LogP contribution in [0.25, 0.3) is 0 Å². The van der Waals surface area contributed by atoms with Gasteiger partial charge in [0.05, 0.1) is 0 Å². The maximum Gasteiger partial charge on any atom is 0.238 e. The Bertz CT molecular complexity index is 339.